The molecule has 2 aromatic carbocycles. The zero-order valence-corrected chi connectivity index (χ0v) is 20.0. The highest BCUT2D eigenvalue weighted by atomic mass is 79.9. The van der Waals surface area contributed by atoms with Gasteiger partial charge >= 0.3 is 6.09 Å². The summed E-state index contributed by atoms with van der Waals surface area (Å²) in [5, 5.41) is 4.26. The van der Waals surface area contributed by atoms with Crippen molar-refractivity contribution in [1.29, 1.82) is 0 Å². The van der Waals surface area contributed by atoms with Crippen LogP contribution >= 0.6 is 15.9 Å². The summed E-state index contributed by atoms with van der Waals surface area (Å²) >= 11 is 3.55. The number of likely N-dealkylation sites (tertiary alicyclic amines) is 1. The summed E-state index contributed by atoms with van der Waals surface area (Å²) in [5.41, 5.74) is 1.95. The number of fused-ring (bicyclic) bond motifs is 2. The number of H-pyrrole nitrogens is 1. The lowest BCUT2D eigenvalue weighted by molar-refractivity contribution is -0.0233. The quantitative estimate of drug-likeness (QED) is 0.507. The molecule has 3 aromatic rings. The van der Waals surface area contributed by atoms with Crippen LogP contribution in [0, 0.1) is 0 Å². The van der Waals surface area contributed by atoms with Crippen molar-refractivity contribution in [2.75, 3.05) is 19.7 Å². The van der Waals surface area contributed by atoms with Gasteiger partial charge in [-0.1, -0.05) is 28.1 Å². The number of carbonyl (C=O) groups excluding carboxylic acids is 2. The van der Waals surface area contributed by atoms with Crippen molar-refractivity contribution in [2.45, 2.75) is 37.8 Å². The summed E-state index contributed by atoms with van der Waals surface area (Å²) in [7, 11) is 0. The molecule has 1 aromatic heterocycles. The lowest BCUT2D eigenvalue weighted by atomic mass is 9.80. The van der Waals surface area contributed by atoms with Crippen LogP contribution in [0.4, 0.5) is 4.79 Å². The van der Waals surface area contributed by atoms with E-state index in [0.717, 1.165) is 26.7 Å². The van der Waals surface area contributed by atoms with Crippen molar-refractivity contribution >= 4 is 38.8 Å². The Balaban J connectivity index is 1.41. The third kappa shape index (κ3) is 4.19. The van der Waals surface area contributed by atoms with Gasteiger partial charge < -0.3 is 24.7 Å². The Kier molecular flexibility index (Phi) is 5.78. The summed E-state index contributed by atoms with van der Waals surface area (Å²) in [5.74, 6) is 0.650. The maximum Gasteiger partial charge on any atom is 0.409 e. The average Bonchev–Trinajstić information content (AvgIpc) is 3.29. The summed E-state index contributed by atoms with van der Waals surface area (Å²) in [6.07, 6.45) is 3.56. The van der Waals surface area contributed by atoms with Crippen molar-refractivity contribution in [2.24, 2.45) is 0 Å². The molecule has 1 atom stereocenters. The summed E-state index contributed by atoms with van der Waals surface area (Å²) in [6.45, 7) is 3.30. The minimum Gasteiger partial charge on any atom is -0.487 e. The zero-order chi connectivity index (χ0) is 23.0. The molecule has 7 nitrogen and oxygen atoms in total. The molecule has 2 aliphatic rings. The van der Waals surface area contributed by atoms with Crippen LogP contribution in [0.3, 0.4) is 0 Å². The predicted molar refractivity (Wildman–Crippen MR) is 128 cm³/mol. The lowest BCUT2D eigenvalue weighted by Crippen LogP contribution is -2.53. The second kappa shape index (κ2) is 8.74. The number of piperidine rings is 1. The highest BCUT2D eigenvalue weighted by molar-refractivity contribution is 9.10. The van der Waals surface area contributed by atoms with Gasteiger partial charge in [0.25, 0.3) is 5.91 Å². The largest absolute Gasteiger partial charge is 0.487 e. The molecule has 2 N–H and O–H groups in total. The number of nitrogens with zero attached hydrogens (tertiary/aromatic N) is 1. The van der Waals surface area contributed by atoms with Gasteiger partial charge in [-0.15, -0.1) is 0 Å². The van der Waals surface area contributed by atoms with Crippen LogP contribution in [-0.2, 0) is 4.74 Å². The molecule has 8 heteroatoms. The first-order valence-electron chi connectivity index (χ1n) is 11.3. The normalized spacial score (nSPS) is 19.1. The highest BCUT2D eigenvalue weighted by Crippen LogP contribution is 2.45. The van der Waals surface area contributed by atoms with E-state index in [9.17, 15) is 9.59 Å². The lowest BCUT2D eigenvalue weighted by Gasteiger charge is -2.46. The number of hydrogen-bond acceptors (Lipinski definition) is 4. The topological polar surface area (TPSA) is 83.7 Å². The van der Waals surface area contributed by atoms with Gasteiger partial charge in [0.1, 0.15) is 11.4 Å². The number of amides is 2. The number of hydrogen-bond donors (Lipinski definition) is 2. The molecule has 5 rings (SSSR count). The maximum atomic E-state index is 13.4. The van der Waals surface area contributed by atoms with Gasteiger partial charge in [0, 0.05) is 54.0 Å². The number of nitrogens with one attached hydrogen (secondary N) is 2. The summed E-state index contributed by atoms with van der Waals surface area (Å²) in [6, 6.07) is 13.4. The fourth-order valence-electron chi connectivity index (χ4n) is 4.90. The van der Waals surface area contributed by atoms with Gasteiger partial charge in [-0.3, -0.25) is 4.79 Å². The van der Waals surface area contributed by atoms with Crippen molar-refractivity contribution in [1.82, 2.24) is 15.2 Å². The fourth-order valence-corrected chi connectivity index (χ4v) is 5.28. The number of halogens is 1. The van der Waals surface area contributed by atoms with Crippen LogP contribution in [0.2, 0.25) is 0 Å². The molecule has 33 heavy (non-hydrogen) atoms. The summed E-state index contributed by atoms with van der Waals surface area (Å²) < 4.78 is 12.6. The molecule has 1 fully saturated rings. The number of benzene rings is 2. The van der Waals surface area contributed by atoms with E-state index in [1.54, 1.807) is 4.90 Å². The molecule has 1 saturated heterocycles. The molecule has 172 valence electrons. The van der Waals surface area contributed by atoms with Gasteiger partial charge in [-0.25, -0.2) is 4.79 Å². The minimum absolute atomic E-state index is 0.125. The van der Waals surface area contributed by atoms with Crippen molar-refractivity contribution < 1.29 is 19.1 Å². The molecule has 0 radical (unpaired) electrons. The average molecular weight is 512 g/mol. The van der Waals surface area contributed by atoms with E-state index in [4.69, 9.17) is 9.47 Å². The molecule has 3 heterocycles. The fraction of sp³-hybridized carbons (Fsp3) is 0.360. The predicted octanol–water partition coefficient (Wildman–Crippen LogP) is 5.18. The monoisotopic (exact) mass is 511 g/mol. The van der Waals surface area contributed by atoms with Crippen molar-refractivity contribution in [3.63, 3.8) is 0 Å². The number of aromatic nitrogens is 1. The Bertz CT molecular complexity index is 1200. The highest BCUT2D eigenvalue weighted by Gasteiger charge is 2.44. The molecule has 0 bridgehead atoms. The van der Waals surface area contributed by atoms with E-state index < -0.39 is 5.60 Å². The van der Waals surface area contributed by atoms with Gasteiger partial charge in [-0.2, -0.15) is 0 Å². The van der Waals surface area contributed by atoms with E-state index in [2.05, 4.69) is 26.2 Å². The molecule has 0 aliphatic carbocycles. The number of aromatic amines is 1. The van der Waals surface area contributed by atoms with E-state index in [-0.39, 0.29) is 18.0 Å². The van der Waals surface area contributed by atoms with Gasteiger partial charge in [-0.05, 0) is 37.3 Å². The molecule has 2 amide bonds. The SMILES string of the molecule is CCOC(=O)N1CCC2(CC1)C[C@H](NC(=O)c1cccc3cc[nH]c13)c1cc(Br)ccc1O2. The van der Waals surface area contributed by atoms with Crippen LogP contribution in [0.25, 0.3) is 10.9 Å². The van der Waals surface area contributed by atoms with E-state index in [1.165, 1.54) is 0 Å². The number of carbonyl (C=O) groups is 2. The smallest absolute Gasteiger partial charge is 0.409 e. The minimum atomic E-state index is -0.444. The van der Waals surface area contributed by atoms with Crippen LogP contribution < -0.4 is 10.1 Å². The zero-order valence-electron chi connectivity index (χ0n) is 18.4. The standard InChI is InChI=1S/C25H26BrN3O4/c1-2-32-24(31)29-12-9-25(10-13-29)15-20(19-14-17(26)6-7-21(19)33-25)28-23(30)18-5-3-4-16-8-11-27-22(16)18/h3-8,11,14,20,27H,2,9-10,12-13,15H2,1H3,(H,28,30)/t20-/m0/s1. The van der Waals surface area contributed by atoms with Crippen LogP contribution in [-0.4, -0.2) is 47.2 Å². The number of para-hydroxylation sites is 1. The van der Waals surface area contributed by atoms with Crippen LogP contribution in [0.15, 0.2) is 53.1 Å². The molecule has 0 unspecified atom stereocenters. The number of rotatable bonds is 3. The van der Waals surface area contributed by atoms with Crippen LogP contribution in [0.5, 0.6) is 5.75 Å². The van der Waals surface area contributed by atoms with E-state index in [1.807, 2.05) is 55.6 Å². The first-order valence-corrected chi connectivity index (χ1v) is 12.0. The Hall–Kier alpha value is -3.00. The van der Waals surface area contributed by atoms with Gasteiger partial charge in [0.15, 0.2) is 0 Å². The van der Waals surface area contributed by atoms with Crippen molar-refractivity contribution in [3.05, 3.63) is 64.3 Å². The Labute approximate surface area is 200 Å². The van der Waals surface area contributed by atoms with Crippen LogP contribution in [0.1, 0.15) is 48.1 Å². The Morgan fingerprint density at radius 3 is 2.85 bits per heavy atom. The third-order valence-electron chi connectivity index (χ3n) is 6.59. The maximum absolute atomic E-state index is 13.4. The first-order chi connectivity index (χ1) is 16.0. The molecule has 0 saturated carbocycles. The van der Waals surface area contributed by atoms with E-state index in [0.29, 0.717) is 44.5 Å². The first kappa shape index (κ1) is 21.8. The van der Waals surface area contributed by atoms with E-state index >= 15 is 0 Å². The Morgan fingerprint density at radius 2 is 2.06 bits per heavy atom. The third-order valence-corrected chi connectivity index (χ3v) is 7.08. The molecule has 1 spiro atoms. The van der Waals surface area contributed by atoms with Gasteiger partial charge in [0.05, 0.1) is 23.7 Å². The molecular weight excluding hydrogens is 486 g/mol. The molecular formula is C25H26BrN3O4. The Morgan fingerprint density at radius 1 is 1.24 bits per heavy atom. The second-order valence-electron chi connectivity index (χ2n) is 8.63. The molecule has 2 aliphatic heterocycles. The van der Waals surface area contributed by atoms with Gasteiger partial charge in [0.2, 0.25) is 0 Å². The van der Waals surface area contributed by atoms with Crippen molar-refractivity contribution in [3.8, 4) is 5.75 Å². The number of ether oxygens (including phenoxy) is 2. The second-order valence-corrected chi connectivity index (χ2v) is 9.55. The summed E-state index contributed by atoms with van der Waals surface area (Å²) in [4.78, 5) is 30.4.